The molecule has 0 aliphatic carbocycles. The van der Waals surface area contributed by atoms with E-state index in [2.05, 4.69) is 26.1 Å². The number of aryl methyl sites for hydroxylation is 1. The third-order valence-electron chi connectivity index (χ3n) is 3.18. The summed E-state index contributed by atoms with van der Waals surface area (Å²) in [5, 5.41) is 3.89. The molecule has 3 aromatic rings. The van der Waals surface area contributed by atoms with E-state index in [0.717, 1.165) is 15.6 Å². The van der Waals surface area contributed by atoms with E-state index < -0.39 is 5.97 Å². The number of halogens is 1. The standard InChI is InChI=1S/C17H13BrN2O3/c1-11-2-4-12(5-3-11)16-19-15(23-20-16)10-22-17(21)13-6-8-14(18)9-7-13/h2-9H,10H2,1H3. The molecule has 0 atom stereocenters. The third-order valence-corrected chi connectivity index (χ3v) is 3.71. The zero-order valence-corrected chi connectivity index (χ0v) is 13.9. The van der Waals surface area contributed by atoms with E-state index in [9.17, 15) is 4.79 Å². The first-order valence-electron chi connectivity index (χ1n) is 6.94. The molecular formula is C17H13BrN2O3. The Bertz CT molecular complexity index is 811. The van der Waals surface area contributed by atoms with E-state index in [0.29, 0.717) is 11.4 Å². The predicted molar refractivity (Wildman–Crippen MR) is 87.7 cm³/mol. The van der Waals surface area contributed by atoms with Crippen molar-refractivity contribution in [2.75, 3.05) is 0 Å². The molecule has 116 valence electrons. The van der Waals surface area contributed by atoms with Gasteiger partial charge in [0.05, 0.1) is 5.56 Å². The van der Waals surface area contributed by atoms with Crippen LogP contribution in [0.25, 0.3) is 11.4 Å². The number of hydrogen-bond acceptors (Lipinski definition) is 5. The van der Waals surface area contributed by atoms with Gasteiger partial charge in [-0.3, -0.25) is 0 Å². The predicted octanol–water partition coefficient (Wildman–Crippen LogP) is 4.16. The molecule has 0 aliphatic heterocycles. The highest BCUT2D eigenvalue weighted by Crippen LogP contribution is 2.17. The van der Waals surface area contributed by atoms with Crippen LogP contribution in [-0.4, -0.2) is 16.1 Å². The molecule has 0 amide bonds. The number of hydrogen-bond donors (Lipinski definition) is 0. The van der Waals surface area contributed by atoms with Crippen LogP contribution in [0.5, 0.6) is 0 Å². The van der Waals surface area contributed by atoms with Crippen molar-refractivity contribution < 1.29 is 14.1 Å². The molecule has 5 nitrogen and oxygen atoms in total. The maximum atomic E-state index is 11.9. The van der Waals surface area contributed by atoms with Crippen LogP contribution in [0.4, 0.5) is 0 Å². The van der Waals surface area contributed by atoms with Crippen LogP contribution in [0.15, 0.2) is 57.5 Å². The van der Waals surface area contributed by atoms with E-state index in [4.69, 9.17) is 9.26 Å². The maximum absolute atomic E-state index is 11.9. The topological polar surface area (TPSA) is 65.2 Å². The van der Waals surface area contributed by atoms with Gasteiger partial charge in [0.15, 0.2) is 6.61 Å². The van der Waals surface area contributed by atoms with Gasteiger partial charge < -0.3 is 9.26 Å². The minimum Gasteiger partial charge on any atom is -0.452 e. The number of esters is 1. The van der Waals surface area contributed by atoms with Crippen molar-refractivity contribution in [3.05, 3.63) is 70.0 Å². The second kappa shape index (κ2) is 6.75. The average molecular weight is 373 g/mol. The molecular weight excluding hydrogens is 360 g/mol. The van der Waals surface area contributed by atoms with Crippen LogP contribution < -0.4 is 0 Å². The van der Waals surface area contributed by atoms with Gasteiger partial charge in [-0.2, -0.15) is 4.98 Å². The molecule has 1 heterocycles. The fourth-order valence-electron chi connectivity index (χ4n) is 1.93. The molecule has 1 aromatic heterocycles. The van der Waals surface area contributed by atoms with Gasteiger partial charge in [-0.15, -0.1) is 0 Å². The van der Waals surface area contributed by atoms with Crippen molar-refractivity contribution in [2.24, 2.45) is 0 Å². The van der Waals surface area contributed by atoms with Gasteiger partial charge in [0, 0.05) is 10.0 Å². The Labute approximate surface area is 141 Å². The second-order valence-electron chi connectivity index (χ2n) is 4.96. The summed E-state index contributed by atoms with van der Waals surface area (Å²) in [5.74, 6) is 0.290. The second-order valence-corrected chi connectivity index (χ2v) is 5.88. The van der Waals surface area contributed by atoms with Gasteiger partial charge >= 0.3 is 5.97 Å². The molecule has 3 rings (SSSR count). The van der Waals surface area contributed by atoms with Gasteiger partial charge in [0.1, 0.15) is 0 Å². The first-order valence-corrected chi connectivity index (χ1v) is 7.73. The number of carbonyl (C=O) groups is 1. The Morgan fingerprint density at radius 1 is 1.13 bits per heavy atom. The SMILES string of the molecule is Cc1ccc(-c2noc(COC(=O)c3ccc(Br)cc3)n2)cc1. The molecule has 0 saturated carbocycles. The summed E-state index contributed by atoms with van der Waals surface area (Å²) in [6.07, 6.45) is 0. The summed E-state index contributed by atoms with van der Waals surface area (Å²) in [5.41, 5.74) is 2.47. The number of rotatable bonds is 4. The third kappa shape index (κ3) is 3.84. The lowest BCUT2D eigenvalue weighted by atomic mass is 10.1. The minimum atomic E-state index is -0.437. The fourth-order valence-corrected chi connectivity index (χ4v) is 2.19. The Morgan fingerprint density at radius 2 is 1.83 bits per heavy atom. The van der Waals surface area contributed by atoms with Crippen LogP contribution >= 0.6 is 15.9 Å². The highest BCUT2D eigenvalue weighted by Gasteiger charge is 2.12. The molecule has 23 heavy (non-hydrogen) atoms. The summed E-state index contributed by atoms with van der Waals surface area (Å²) in [7, 11) is 0. The van der Waals surface area contributed by atoms with Crippen LogP contribution in [-0.2, 0) is 11.3 Å². The van der Waals surface area contributed by atoms with Crippen LogP contribution in [0.1, 0.15) is 21.8 Å². The van der Waals surface area contributed by atoms with Gasteiger partial charge in [-0.1, -0.05) is 50.9 Å². The Hall–Kier alpha value is -2.47. The quantitative estimate of drug-likeness (QED) is 0.643. The first-order chi connectivity index (χ1) is 11.1. The zero-order chi connectivity index (χ0) is 16.2. The van der Waals surface area contributed by atoms with E-state index in [-0.39, 0.29) is 12.5 Å². The summed E-state index contributed by atoms with van der Waals surface area (Å²) >= 11 is 3.31. The van der Waals surface area contributed by atoms with Crippen molar-refractivity contribution in [1.29, 1.82) is 0 Å². The van der Waals surface area contributed by atoms with E-state index >= 15 is 0 Å². The highest BCUT2D eigenvalue weighted by atomic mass is 79.9. The van der Waals surface area contributed by atoms with Crippen molar-refractivity contribution in [3.8, 4) is 11.4 Å². The molecule has 0 aliphatic rings. The summed E-state index contributed by atoms with van der Waals surface area (Å²) < 4.78 is 11.2. The number of aromatic nitrogens is 2. The smallest absolute Gasteiger partial charge is 0.338 e. The average Bonchev–Trinajstić information content (AvgIpc) is 3.03. The molecule has 0 spiro atoms. The highest BCUT2D eigenvalue weighted by molar-refractivity contribution is 9.10. The van der Waals surface area contributed by atoms with E-state index in [1.54, 1.807) is 24.3 Å². The molecule has 0 saturated heterocycles. The fraction of sp³-hybridized carbons (Fsp3) is 0.118. The summed E-state index contributed by atoms with van der Waals surface area (Å²) in [6.45, 7) is 1.95. The summed E-state index contributed by atoms with van der Waals surface area (Å²) in [4.78, 5) is 16.1. The molecule has 0 bridgehead atoms. The number of carbonyl (C=O) groups excluding carboxylic acids is 1. The number of nitrogens with zero attached hydrogens (tertiary/aromatic N) is 2. The zero-order valence-electron chi connectivity index (χ0n) is 12.3. The van der Waals surface area contributed by atoms with Crippen LogP contribution in [0.3, 0.4) is 0 Å². The van der Waals surface area contributed by atoms with E-state index in [1.165, 1.54) is 0 Å². The maximum Gasteiger partial charge on any atom is 0.338 e. The Kier molecular flexibility index (Phi) is 4.52. The lowest BCUT2D eigenvalue weighted by Crippen LogP contribution is -2.05. The van der Waals surface area contributed by atoms with Crippen LogP contribution in [0, 0.1) is 6.92 Å². The summed E-state index contributed by atoms with van der Waals surface area (Å²) in [6, 6.07) is 14.7. The van der Waals surface area contributed by atoms with Gasteiger partial charge in [-0.05, 0) is 31.2 Å². The normalized spacial score (nSPS) is 10.5. The molecule has 2 aromatic carbocycles. The lowest BCUT2D eigenvalue weighted by molar-refractivity contribution is 0.0430. The Morgan fingerprint density at radius 3 is 2.52 bits per heavy atom. The molecule has 0 unspecified atom stereocenters. The number of benzene rings is 2. The molecule has 0 fully saturated rings. The molecule has 0 N–H and O–H groups in total. The largest absolute Gasteiger partial charge is 0.452 e. The van der Waals surface area contributed by atoms with Crippen molar-refractivity contribution in [1.82, 2.24) is 10.1 Å². The first kappa shape index (κ1) is 15.4. The Balaban J connectivity index is 1.64. The van der Waals surface area contributed by atoms with Gasteiger partial charge in [0.25, 0.3) is 5.89 Å². The van der Waals surface area contributed by atoms with Gasteiger partial charge in [0.2, 0.25) is 5.82 Å². The molecule has 6 heteroatoms. The van der Waals surface area contributed by atoms with Crippen molar-refractivity contribution in [2.45, 2.75) is 13.5 Å². The minimum absolute atomic E-state index is 0.0617. The monoisotopic (exact) mass is 372 g/mol. The van der Waals surface area contributed by atoms with Crippen molar-refractivity contribution in [3.63, 3.8) is 0 Å². The lowest BCUT2D eigenvalue weighted by Gasteiger charge is -2.01. The van der Waals surface area contributed by atoms with E-state index in [1.807, 2.05) is 31.2 Å². The molecule has 0 radical (unpaired) electrons. The van der Waals surface area contributed by atoms with Crippen LogP contribution in [0.2, 0.25) is 0 Å². The van der Waals surface area contributed by atoms with Gasteiger partial charge in [-0.25, -0.2) is 4.79 Å². The number of ether oxygens (including phenoxy) is 1. The van der Waals surface area contributed by atoms with Crippen molar-refractivity contribution >= 4 is 21.9 Å².